The third-order valence-electron chi connectivity index (χ3n) is 8.41. The molecule has 3 nitrogen and oxygen atoms in total. The van der Waals surface area contributed by atoms with E-state index in [-0.39, 0.29) is 0 Å². The molecule has 3 heteroatoms. The van der Waals surface area contributed by atoms with Gasteiger partial charge in [0, 0.05) is 6.04 Å². The van der Waals surface area contributed by atoms with Gasteiger partial charge < -0.3 is 16.0 Å². The normalized spacial score (nSPS) is 15.4. The predicted octanol–water partition coefficient (Wildman–Crippen LogP) is 7.30. The van der Waals surface area contributed by atoms with Gasteiger partial charge in [0.2, 0.25) is 0 Å². The van der Waals surface area contributed by atoms with Crippen molar-refractivity contribution in [1.29, 1.82) is 0 Å². The standard InChI is InChI=1S/C34H55N3/c1-27(2)32-16-12-29(13-17-32)8-5-10-34(11-6-9-30-14-18-33(19-15-30)28(3)4)36-26-31-20-24-37(25-21-31)23-7-22-35/h12-19,27-28,31,34,36H,5-11,20-26,35H2,1-4H3. The van der Waals surface area contributed by atoms with Crippen molar-refractivity contribution in [3.8, 4) is 0 Å². The van der Waals surface area contributed by atoms with Crippen molar-refractivity contribution in [1.82, 2.24) is 10.2 Å². The van der Waals surface area contributed by atoms with Crippen LogP contribution in [0.15, 0.2) is 48.5 Å². The average molecular weight is 506 g/mol. The Bertz CT molecular complexity index is 790. The first kappa shape index (κ1) is 29.9. The van der Waals surface area contributed by atoms with Gasteiger partial charge in [0.25, 0.3) is 0 Å². The van der Waals surface area contributed by atoms with E-state index in [1.165, 1.54) is 99.8 Å². The predicted molar refractivity (Wildman–Crippen MR) is 162 cm³/mol. The fraction of sp³-hybridized carbons (Fsp3) is 0.647. The van der Waals surface area contributed by atoms with E-state index in [1.54, 1.807) is 0 Å². The Hall–Kier alpha value is -1.68. The van der Waals surface area contributed by atoms with E-state index in [4.69, 9.17) is 5.73 Å². The second kappa shape index (κ2) is 16.3. The van der Waals surface area contributed by atoms with E-state index in [0.29, 0.717) is 17.9 Å². The molecule has 0 unspecified atom stereocenters. The van der Waals surface area contributed by atoms with Crippen LogP contribution < -0.4 is 11.1 Å². The quantitative estimate of drug-likeness (QED) is 0.251. The Morgan fingerprint density at radius 1 is 0.757 bits per heavy atom. The van der Waals surface area contributed by atoms with Gasteiger partial charge in [-0.25, -0.2) is 0 Å². The van der Waals surface area contributed by atoms with E-state index < -0.39 is 0 Å². The molecular formula is C34H55N3. The third-order valence-corrected chi connectivity index (χ3v) is 8.41. The monoisotopic (exact) mass is 505 g/mol. The Kier molecular flexibility index (Phi) is 13.2. The Morgan fingerprint density at radius 3 is 1.68 bits per heavy atom. The molecule has 1 heterocycles. The zero-order valence-electron chi connectivity index (χ0n) is 24.4. The van der Waals surface area contributed by atoms with Gasteiger partial charge in [0.1, 0.15) is 0 Å². The van der Waals surface area contributed by atoms with Crippen molar-refractivity contribution in [2.45, 2.75) is 103 Å². The number of nitrogens with zero attached hydrogens (tertiary/aromatic N) is 1. The van der Waals surface area contributed by atoms with Gasteiger partial charge >= 0.3 is 0 Å². The average Bonchev–Trinajstić information content (AvgIpc) is 2.91. The van der Waals surface area contributed by atoms with Crippen LogP contribution in [0.5, 0.6) is 0 Å². The summed E-state index contributed by atoms with van der Waals surface area (Å²) in [6.07, 6.45) is 11.2. The molecule has 0 bridgehead atoms. The van der Waals surface area contributed by atoms with Gasteiger partial charge in [-0.1, -0.05) is 76.2 Å². The highest BCUT2D eigenvalue weighted by Gasteiger charge is 2.20. The summed E-state index contributed by atoms with van der Waals surface area (Å²) in [5.41, 5.74) is 11.6. The van der Waals surface area contributed by atoms with Gasteiger partial charge in [0.05, 0.1) is 0 Å². The number of nitrogens with one attached hydrogen (secondary N) is 1. The molecule has 0 radical (unpaired) electrons. The van der Waals surface area contributed by atoms with Crippen LogP contribution in [0.1, 0.15) is 107 Å². The molecule has 2 aromatic rings. The first-order valence-electron chi connectivity index (χ1n) is 15.3. The Labute approximate surface area is 228 Å². The fourth-order valence-corrected chi connectivity index (χ4v) is 5.65. The molecule has 1 fully saturated rings. The molecular weight excluding hydrogens is 450 g/mol. The molecule has 3 N–H and O–H groups in total. The summed E-state index contributed by atoms with van der Waals surface area (Å²) >= 11 is 0. The van der Waals surface area contributed by atoms with Crippen LogP contribution in [0.2, 0.25) is 0 Å². The van der Waals surface area contributed by atoms with Crippen LogP contribution in [-0.2, 0) is 12.8 Å². The van der Waals surface area contributed by atoms with Crippen LogP contribution in [0.3, 0.4) is 0 Å². The first-order valence-corrected chi connectivity index (χ1v) is 15.3. The summed E-state index contributed by atoms with van der Waals surface area (Å²) in [5.74, 6) is 2.04. The van der Waals surface area contributed by atoms with Crippen LogP contribution >= 0.6 is 0 Å². The van der Waals surface area contributed by atoms with Crippen molar-refractivity contribution < 1.29 is 0 Å². The second-order valence-corrected chi connectivity index (χ2v) is 12.1. The molecule has 1 aliphatic heterocycles. The molecule has 0 spiro atoms. The molecule has 1 aliphatic rings. The third kappa shape index (κ3) is 10.9. The lowest BCUT2D eigenvalue weighted by molar-refractivity contribution is 0.178. The highest BCUT2D eigenvalue weighted by molar-refractivity contribution is 5.25. The van der Waals surface area contributed by atoms with Gasteiger partial charge in [-0.2, -0.15) is 0 Å². The van der Waals surface area contributed by atoms with Gasteiger partial charge in [-0.15, -0.1) is 0 Å². The molecule has 0 aliphatic carbocycles. The van der Waals surface area contributed by atoms with Crippen LogP contribution in [0, 0.1) is 5.92 Å². The number of rotatable bonds is 16. The van der Waals surface area contributed by atoms with E-state index in [0.717, 1.165) is 18.9 Å². The molecule has 3 rings (SSSR count). The van der Waals surface area contributed by atoms with Crippen molar-refractivity contribution in [2.24, 2.45) is 11.7 Å². The molecule has 0 amide bonds. The van der Waals surface area contributed by atoms with Crippen LogP contribution in [-0.4, -0.2) is 43.7 Å². The minimum absolute atomic E-state index is 0.608. The maximum Gasteiger partial charge on any atom is 0.00674 e. The summed E-state index contributed by atoms with van der Waals surface area (Å²) < 4.78 is 0. The number of piperidine rings is 1. The Balaban J connectivity index is 1.46. The second-order valence-electron chi connectivity index (χ2n) is 12.1. The van der Waals surface area contributed by atoms with Crippen LogP contribution in [0.4, 0.5) is 0 Å². The number of benzene rings is 2. The van der Waals surface area contributed by atoms with E-state index in [2.05, 4.69) is 86.4 Å². The molecule has 0 atom stereocenters. The number of hydrogen-bond donors (Lipinski definition) is 2. The Morgan fingerprint density at radius 2 is 1.24 bits per heavy atom. The lowest BCUT2D eigenvalue weighted by Gasteiger charge is -2.33. The molecule has 1 saturated heterocycles. The lowest BCUT2D eigenvalue weighted by Crippen LogP contribution is -2.40. The number of aryl methyl sites for hydroxylation is 2. The van der Waals surface area contributed by atoms with E-state index in [9.17, 15) is 0 Å². The van der Waals surface area contributed by atoms with Crippen LogP contribution in [0.25, 0.3) is 0 Å². The summed E-state index contributed by atoms with van der Waals surface area (Å²) in [6, 6.07) is 19.3. The molecule has 37 heavy (non-hydrogen) atoms. The topological polar surface area (TPSA) is 41.3 Å². The van der Waals surface area contributed by atoms with Crippen molar-refractivity contribution in [3.63, 3.8) is 0 Å². The van der Waals surface area contributed by atoms with Gasteiger partial charge in [-0.3, -0.25) is 0 Å². The smallest absolute Gasteiger partial charge is 0.00674 e. The SMILES string of the molecule is CC(C)c1ccc(CCCC(CCCc2ccc(C(C)C)cc2)NCC2CCN(CCCN)CC2)cc1. The zero-order chi connectivity index (χ0) is 26.5. The molecule has 0 aromatic heterocycles. The van der Waals surface area contributed by atoms with Crippen molar-refractivity contribution >= 4 is 0 Å². The van der Waals surface area contributed by atoms with E-state index in [1.807, 2.05) is 0 Å². The minimum Gasteiger partial charge on any atom is -0.330 e. The van der Waals surface area contributed by atoms with Gasteiger partial charge in [0.15, 0.2) is 0 Å². The number of nitrogens with two attached hydrogens (primary N) is 1. The highest BCUT2D eigenvalue weighted by Crippen LogP contribution is 2.20. The van der Waals surface area contributed by atoms with Crippen molar-refractivity contribution in [2.75, 3.05) is 32.7 Å². The summed E-state index contributed by atoms with van der Waals surface area (Å²) in [5, 5.41) is 4.03. The lowest BCUT2D eigenvalue weighted by atomic mass is 9.94. The fourth-order valence-electron chi connectivity index (χ4n) is 5.65. The number of likely N-dealkylation sites (tertiary alicyclic amines) is 1. The maximum absolute atomic E-state index is 5.71. The van der Waals surface area contributed by atoms with E-state index >= 15 is 0 Å². The number of hydrogen-bond acceptors (Lipinski definition) is 3. The summed E-state index contributed by atoms with van der Waals surface area (Å²) in [4.78, 5) is 2.61. The zero-order valence-corrected chi connectivity index (χ0v) is 24.4. The largest absolute Gasteiger partial charge is 0.330 e. The molecule has 206 valence electrons. The summed E-state index contributed by atoms with van der Waals surface area (Å²) in [6.45, 7) is 14.7. The summed E-state index contributed by atoms with van der Waals surface area (Å²) in [7, 11) is 0. The van der Waals surface area contributed by atoms with Gasteiger partial charge in [-0.05, 0) is 131 Å². The maximum atomic E-state index is 5.71. The first-order chi connectivity index (χ1) is 17.9. The minimum atomic E-state index is 0.608. The van der Waals surface area contributed by atoms with Crippen molar-refractivity contribution in [3.05, 3.63) is 70.8 Å². The molecule has 2 aromatic carbocycles. The molecule has 0 saturated carbocycles. The highest BCUT2D eigenvalue weighted by atomic mass is 15.1.